The molecule has 0 bridgehead atoms. The molecule has 0 spiro atoms. The van der Waals surface area contributed by atoms with E-state index in [-0.39, 0.29) is 16.1 Å². The zero-order valence-electron chi connectivity index (χ0n) is 12.5. The zero-order valence-corrected chi connectivity index (χ0v) is 13.3. The maximum atomic E-state index is 12.6. The number of nitriles is 1. The first kappa shape index (κ1) is 15.2. The second kappa shape index (κ2) is 5.82. The number of sulfonamides is 1. The van der Waals surface area contributed by atoms with Crippen LogP contribution in [0.1, 0.15) is 5.56 Å². The number of fused-ring (bicyclic) bond motifs is 1. The van der Waals surface area contributed by atoms with Crippen molar-refractivity contribution in [3.63, 3.8) is 0 Å². The molecule has 1 heterocycles. The predicted octanol–water partition coefficient (Wildman–Crippen LogP) is 2.19. The minimum atomic E-state index is -3.79. The van der Waals surface area contributed by atoms with Crippen LogP contribution in [0.3, 0.4) is 0 Å². The number of hydrogen-bond donors (Lipinski definition) is 1. The Morgan fingerprint density at radius 1 is 1.26 bits per heavy atom. The molecule has 0 amide bonds. The number of nitrogens with one attached hydrogen (secondary N) is 1. The second-order valence-corrected chi connectivity index (χ2v) is 6.84. The van der Waals surface area contributed by atoms with Crippen LogP contribution in [0.2, 0.25) is 0 Å². The van der Waals surface area contributed by atoms with Crippen molar-refractivity contribution in [3.8, 4) is 11.8 Å². The number of benzene rings is 2. The van der Waals surface area contributed by atoms with Crippen LogP contribution in [0.4, 0.5) is 11.4 Å². The van der Waals surface area contributed by atoms with Crippen molar-refractivity contribution in [1.82, 2.24) is 0 Å². The highest BCUT2D eigenvalue weighted by Crippen LogP contribution is 2.33. The van der Waals surface area contributed by atoms with Gasteiger partial charge in [-0.15, -0.1) is 0 Å². The average Bonchev–Trinajstić information content (AvgIpc) is 2.55. The molecule has 7 heteroatoms. The van der Waals surface area contributed by atoms with Crippen LogP contribution in [-0.2, 0) is 10.0 Å². The van der Waals surface area contributed by atoms with Crippen LogP contribution >= 0.6 is 0 Å². The molecule has 0 saturated carbocycles. The first-order valence-corrected chi connectivity index (χ1v) is 8.49. The monoisotopic (exact) mass is 329 g/mol. The number of anilines is 2. The fourth-order valence-corrected chi connectivity index (χ4v) is 3.47. The van der Waals surface area contributed by atoms with Crippen LogP contribution in [0.15, 0.2) is 47.4 Å². The highest BCUT2D eigenvalue weighted by molar-refractivity contribution is 7.92. The van der Waals surface area contributed by atoms with Crippen LogP contribution in [0, 0.1) is 11.3 Å². The van der Waals surface area contributed by atoms with Gasteiger partial charge in [0.2, 0.25) is 0 Å². The summed E-state index contributed by atoms with van der Waals surface area (Å²) in [6, 6.07) is 13.2. The summed E-state index contributed by atoms with van der Waals surface area (Å²) in [5, 5.41) is 9.07. The van der Waals surface area contributed by atoms with Gasteiger partial charge in [0.15, 0.2) is 0 Å². The molecule has 1 aliphatic heterocycles. The lowest BCUT2D eigenvalue weighted by atomic mass is 10.2. The lowest BCUT2D eigenvalue weighted by Gasteiger charge is -2.28. The van der Waals surface area contributed by atoms with Crippen LogP contribution in [0.5, 0.6) is 5.75 Å². The SMILES string of the molecule is CN1CCOc2ccc(S(=O)(=O)Nc3ccccc3C#N)cc21. The molecule has 118 valence electrons. The van der Waals surface area contributed by atoms with Gasteiger partial charge in [-0.05, 0) is 30.3 Å². The minimum Gasteiger partial charge on any atom is -0.490 e. The summed E-state index contributed by atoms with van der Waals surface area (Å²) in [5.41, 5.74) is 1.26. The van der Waals surface area contributed by atoms with E-state index < -0.39 is 10.0 Å². The normalized spacial score (nSPS) is 13.7. The lowest BCUT2D eigenvalue weighted by molar-refractivity contribution is 0.311. The van der Waals surface area contributed by atoms with E-state index in [1.165, 1.54) is 6.07 Å². The number of para-hydroxylation sites is 1. The van der Waals surface area contributed by atoms with E-state index in [4.69, 9.17) is 10.00 Å². The van der Waals surface area contributed by atoms with Crippen LogP contribution in [-0.4, -0.2) is 28.6 Å². The Balaban J connectivity index is 1.97. The molecule has 0 fully saturated rings. The van der Waals surface area contributed by atoms with Crippen molar-refractivity contribution in [2.45, 2.75) is 4.90 Å². The molecule has 0 radical (unpaired) electrons. The molecule has 1 N–H and O–H groups in total. The standard InChI is InChI=1S/C16H15N3O3S/c1-19-8-9-22-16-7-6-13(10-15(16)19)23(20,21)18-14-5-3-2-4-12(14)11-17/h2-7,10,18H,8-9H2,1H3. The highest BCUT2D eigenvalue weighted by atomic mass is 32.2. The predicted molar refractivity (Wildman–Crippen MR) is 87.2 cm³/mol. The molecule has 6 nitrogen and oxygen atoms in total. The lowest BCUT2D eigenvalue weighted by Crippen LogP contribution is -2.29. The largest absolute Gasteiger partial charge is 0.490 e. The number of rotatable bonds is 3. The zero-order chi connectivity index (χ0) is 16.4. The van der Waals surface area contributed by atoms with E-state index in [1.807, 2.05) is 18.0 Å². The summed E-state index contributed by atoms with van der Waals surface area (Å²) in [6.45, 7) is 1.27. The molecule has 1 aliphatic rings. The van der Waals surface area contributed by atoms with E-state index in [1.54, 1.807) is 36.4 Å². The number of ether oxygens (including phenoxy) is 1. The molecule has 0 unspecified atom stereocenters. The smallest absolute Gasteiger partial charge is 0.262 e. The summed E-state index contributed by atoms with van der Waals surface area (Å²) in [6.07, 6.45) is 0. The van der Waals surface area contributed by atoms with Gasteiger partial charge in [0, 0.05) is 7.05 Å². The van der Waals surface area contributed by atoms with E-state index in [9.17, 15) is 8.42 Å². The summed E-state index contributed by atoms with van der Waals surface area (Å²) in [5.74, 6) is 0.662. The third kappa shape index (κ3) is 2.94. The number of likely N-dealkylation sites (N-methyl/N-ethyl adjacent to an activating group) is 1. The summed E-state index contributed by atoms with van der Waals surface area (Å²) >= 11 is 0. The van der Waals surface area contributed by atoms with Gasteiger partial charge in [-0.1, -0.05) is 12.1 Å². The summed E-state index contributed by atoms with van der Waals surface area (Å²) in [7, 11) is -1.90. The second-order valence-electron chi connectivity index (χ2n) is 5.16. The molecular weight excluding hydrogens is 314 g/mol. The van der Waals surface area contributed by atoms with E-state index >= 15 is 0 Å². The molecule has 3 rings (SSSR count). The first-order valence-electron chi connectivity index (χ1n) is 7.01. The minimum absolute atomic E-state index is 0.126. The van der Waals surface area contributed by atoms with E-state index in [2.05, 4.69) is 4.72 Å². The van der Waals surface area contributed by atoms with Gasteiger partial charge in [-0.3, -0.25) is 4.72 Å². The molecule has 0 aromatic heterocycles. The Kier molecular flexibility index (Phi) is 3.84. The third-order valence-electron chi connectivity index (χ3n) is 3.63. The molecule has 0 atom stereocenters. The first-order chi connectivity index (χ1) is 11.0. The summed E-state index contributed by atoms with van der Waals surface area (Å²) in [4.78, 5) is 2.07. The Labute approximate surface area is 135 Å². The van der Waals surface area contributed by atoms with Crippen molar-refractivity contribution in [3.05, 3.63) is 48.0 Å². The van der Waals surface area contributed by atoms with Gasteiger partial charge in [0.25, 0.3) is 10.0 Å². The molecule has 2 aromatic carbocycles. The maximum absolute atomic E-state index is 12.6. The molecule has 2 aromatic rings. The van der Waals surface area contributed by atoms with Crippen molar-refractivity contribution in [1.29, 1.82) is 5.26 Å². The van der Waals surface area contributed by atoms with Gasteiger partial charge in [0.1, 0.15) is 18.4 Å². The third-order valence-corrected chi connectivity index (χ3v) is 4.99. The van der Waals surface area contributed by atoms with E-state index in [0.29, 0.717) is 18.9 Å². The van der Waals surface area contributed by atoms with Crippen LogP contribution < -0.4 is 14.4 Å². The van der Waals surface area contributed by atoms with Gasteiger partial charge in [-0.25, -0.2) is 8.42 Å². The van der Waals surface area contributed by atoms with Crippen molar-refractivity contribution in [2.75, 3.05) is 29.8 Å². The van der Waals surface area contributed by atoms with Gasteiger partial charge >= 0.3 is 0 Å². The van der Waals surface area contributed by atoms with Crippen molar-refractivity contribution < 1.29 is 13.2 Å². The molecular formula is C16H15N3O3S. The number of nitrogens with zero attached hydrogens (tertiary/aromatic N) is 2. The fraction of sp³-hybridized carbons (Fsp3) is 0.188. The van der Waals surface area contributed by atoms with Crippen molar-refractivity contribution >= 4 is 21.4 Å². The van der Waals surface area contributed by atoms with Crippen LogP contribution in [0.25, 0.3) is 0 Å². The molecule has 0 aliphatic carbocycles. The molecule has 0 saturated heterocycles. The van der Waals surface area contributed by atoms with Gasteiger partial charge in [-0.2, -0.15) is 5.26 Å². The Morgan fingerprint density at radius 3 is 2.83 bits per heavy atom. The Hall–Kier alpha value is -2.72. The maximum Gasteiger partial charge on any atom is 0.262 e. The highest BCUT2D eigenvalue weighted by Gasteiger charge is 2.21. The summed E-state index contributed by atoms with van der Waals surface area (Å²) < 4.78 is 33.1. The Morgan fingerprint density at radius 2 is 2.04 bits per heavy atom. The topological polar surface area (TPSA) is 82.4 Å². The van der Waals surface area contributed by atoms with E-state index in [0.717, 1.165) is 5.69 Å². The van der Waals surface area contributed by atoms with Gasteiger partial charge in [0.05, 0.1) is 28.4 Å². The quantitative estimate of drug-likeness (QED) is 0.933. The Bertz CT molecular complexity index is 888. The van der Waals surface area contributed by atoms with Crippen molar-refractivity contribution in [2.24, 2.45) is 0 Å². The van der Waals surface area contributed by atoms with Gasteiger partial charge < -0.3 is 9.64 Å². The fourth-order valence-electron chi connectivity index (χ4n) is 2.37. The molecule has 23 heavy (non-hydrogen) atoms. The number of hydrogen-bond acceptors (Lipinski definition) is 5. The average molecular weight is 329 g/mol.